The fraction of sp³-hybridized carbons (Fsp3) is 0.368. The van der Waals surface area contributed by atoms with Gasteiger partial charge in [-0.3, -0.25) is 0 Å². The molecule has 21 heavy (non-hydrogen) atoms. The number of aryl methyl sites for hydroxylation is 4. The van der Waals surface area contributed by atoms with Crippen LogP contribution in [0.2, 0.25) is 0 Å². The molecule has 2 heteroatoms. The maximum atomic E-state index is 10.5. The van der Waals surface area contributed by atoms with Gasteiger partial charge in [-0.1, -0.05) is 24.3 Å². The van der Waals surface area contributed by atoms with E-state index in [9.17, 15) is 5.11 Å². The zero-order valence-corrected chi connectivity index (χ0v) is 13.3. The summed E-state index contributed by atoms with van der Waals surface area (Å²) in [5.41, 5.74) is 5.73. The summed E-state index contributed by atoms with van der Waals surface area (Å²) in [5.74, 6) is 0.877. The molecule has 0 saturated heterocycles. The molecule has 1 N–H and O–H groups in total. The third-order valence-electron chi connectivity index (χ3n) is 4.09. The first-order chi connectivity index (χ1) is 10.0. The van der Waals surface area contributed by atoms with E-state index < -0.39 is 6.10 Å². The van der Waals surface area contributed by atoms with Crippen LogP contribution in [0, 0.1) is 20.8 Å². The molecular formula is C19H24O2. The minimum absolute atomic E-state index is 0.436. The summed E-state index contributed by atoms with van der Waals surface area (Å²) < 4.78 is 5.32. The molecule has 0 heterocycles. The Morgan fingerprint density at radius 3 is 2.38 bits per heavy atom. The standard InChI is InChI=1S/C19H24O2/c1-13-7-5-6-8-16(13)9-10-18(20)17-11-15(3)19(21-4)12-14(17)2/h5-8,11-12,18,20H,9-10H2,1-4H3. The van der Waals surface area contributed by atoms with Crippen molar-refractivity contribution in [2.45, 2.75) is 39.7 Å². The van der Waals surface area contributed by atoms with Crippen molar-refractivity contribution in [2.24, 2.45) is 0 Å². The smallest absolute Gasteiger partial charge is 0.122 e. The normalized spacial score (nSPS) is 12.2. The van der Waals surface area contributed by atoms with Crippen molar-refractivity contribution in [3.8, 4) is 5.75 Å². The third-order valence-corrected chi connectivity index (χ3v) is 4.09. The number of ether oxygens (including phenoxy) is 1. The van der Waals surface area contributed by atoms with Crippen molar-refractivity contribution < 1.29 is 9.84 Å². The summed E-state index contributed by atoms with van der Waals surface area (Å²) in [5, 5.41) is 10.5. The Morgan fingerprint density at radius 1 is 1.00 bits per heavy atom. The fourth-order valence-electron chi connectivity index (χ4n) is 2.73. The summed E-state index contributed by atoms with van der Waals surface area (Å²) in [7, 11) is 1.68. The Bertz CT molecular complexity index is 617. The minimum atomic E-state index is -0.436. The van der Waals surface area contributed by atoms with Gasteiger partial charge in [0.15, 0.2) is 0 Å². The molecule has 0 amide bonds. The van der Waals surface area contributed by atoms with E-state index in [1.165, 1.54) is 11.1 Å². The predicted octanol–water partition coefficient (Wildman–Crippen LogP) is 4.29. The Morgan fingerprint density at radius 2 is 1.71 bits per heavy atom. The molecule has 0 aliphatic heterocycles. The predicted molar refractivity (Wildman–Crippen MR) is 86.9 cm³/mol. The first-order valence-electron chi connectivity index (χ1n) is 7.40. The first-order valence-corrected chi connectivity index (χ1v) is 7.40. The first kappa shape index (κ1) is 15.6. The summed E-state index contributed by atoms with van der Waals surface area (Å²) in [6, 6.07) is 12.4. The molecule has 112 valence electrons. The van der Waals surface area contributed by atoms with E-state index in [-0.39, 0.29) is 0 Å². The molecule has 0 radical (unpaired) electrons. The van der Waals surface area contributed by atoms with Crippen LogP contribution >= 0.6 is 0 Å². The van der Waals surface area contributed by atoms with E-state index >= 15 is 0 Å². The number of hydrogen-bond donors (Lipinski definition) is 1. The number of rotatable bonds is 5. The Balaban J connectivity index is 2.12. The number of benzene rings is 2. The Hall–Kier alpha value is -1.80. The summed E-state index contributed by atoms with van der Waals surface area (Å²) in [6.45, 7) is 6.15. The second-order valence-corrected chi connectivity index (χ2v) is 5.66. The molecule has 0 bridgehead atoms. The van der Waals surface area contributed by atoms with Crippen LogP contribution in [0.1, 0.15) is 40.3 Å². The van der Waals surface area contributed by atoms with Crippen molar-refractivity contribution in [3.63, 3.8) is 0 Å². The van der Waals surface area contributed by atoms with Gasteiger partial charge in [0, 0.05) is 0 Å². The lowest BCUT2D eigenvalue weighted by Crippen LogP contribution is -2.04. The molecule has 1 unspecified atom stereocenters. The van der Waals surface area contributed by atoms with Gasteiger partial charge in [-0.2, -0.15) is 0 Å². The molecule has 2 aromatic carbocycles. The zero-order valence-electron chi connectivity index (χ0n) is 13.3. The third kappa shape index (κ3) is 3.64. The zero-order chi connectivity index (χ0) is 15.4. The van der Waals surface area contributed by atoms with Gasteiger partial charge >= 0.3 is 0 Å². The molecule has 0 aromatic heterocycles. The number of hydrogen-bond acceptors (Lipinski definition) is 2. The summed E-state index contributed by atoms with van der Waals surface area (Å²) >= 11 is 0. The second-order valence-electron chi connectivity index (χ2n) is 5.66. The van der Waals surface area contributed by atoms with Crippen LogP contribution in [0.3, 0.4) is 0 Å². The highest BCUT2D eigenvalue weighted by Crippen LogP contribution is 2.29. The number of methoxy groups -OCH3 is 1. The van der Waals surface area contributed by atoms with Gasteiger partial charge in [0.25, 0.3) is 0 Å². The van der Waals surface area contributed by atoms with Gasteiger partial charge in [-0.25, -0.2) is 0 Å². The Labute approximate surface area is 127 Å². The van der Waals surface area contributed by atoms with Crippen LogP contribution in [0.4, 0.5) is 0 Å². The molecule has 1 atom stereocenters. The molecule has 2 rings (SSSR count). The topological polar surface area (TPSA) is 29.5 Å². The van der Waals surface area contributed by atoms with E-state index in [1.54, 1.807) is 7.11 Å². The summed E-state index contributed by atoms with van der Waals surface area (Å²) in [4.78, 5) is 0. The van der Waals surface area contributed by atoms with E-state index in [4.69, 9.17) is 4.74 Å². The molecule has 0 fully saturated rings. The van der Waals surface area contributed by atoms with Gasteiger partial charge in [-0.15, -0.1) is 0 Å². The van der Waals surface area contributed by atoms with E-state index in [0.29, 0.717) is 0 Å². The van der Waals surface area contributed by atoms with Crippen LogP contribution in [0.5, 0.6) is 5.75 Å². The second kappa shape index (κ2) is 6.77. The highest BCUT2D eigenvalue weighted by Gasteiger charge is 2.13. The SMILES string of the molecule is COc1cc(C)c(C(O)CCc2ccccc2C)cc1C. The van der Waals surface area contributed by atoms with Crippen LogP contribution in [-0.4, -0.2) is 12.2 Å². The highest BCUT2D eigenvalue weighted by atomic mass is 16.5. The van der Waals surface area contributed by atoms with Crippen LogP contribution in [-0.2, 0) is 6.42 Å². The minimum Gasteiger partial charge on any atom is -0.496 e. The number of aliphatic hydroxyl groups is 1. The van der Waals surface area contributed by atoms with Gasteiger partial charge in [0.05, 0.1) is 13.2 Å². The molecule has 2 nitrogen and oxygen atoms in total. The average Bonchev–Trinajstić information content (AvgIpc) is 2.48. The van der Waals surface area contributed by atoms with Crippen molar-refractivity contribution in [1.29, 1.82) is 0 Å². The monoisotopic (exact) mass is 284 g/mol. The molecular weight excluding hydrogens is 260 g/mol. The van der Waals surface area contributed by atoms with Gasteiger partial charge in [0.1, 0.15) is 5.75 Å². The van der Waals surface area contributed by atoms with E-state index in [0.717, 1.165) is 35.3 Å². The molecule has 2 aromatic rings. The molecule has 0 spiro atoms. The van der Waals surface area contributed by atoms with Gasteiger partial charge in [0.2, 0.25) is 0 Å². The average molecular weight is 284 g/mol. The van der Waals surface area contributed by atoms with Gasteiger partial charge < -0.3 is 9.84 Å². The van der Waals surface area contributed by atoms with Crippen LogP contribution < -0.4 is 4.74 Å². The maximum absolute atomic E-state index is 10.5. The van der Waals surface area contributed by atoms with Crippen molar-refractivity contribution >= 4 is 0 Å². The van der Waals surface area contributed by atoms with Crippen molar-refractivity contribution in [2.75, 3.05) is 7.11 Å². The largest absolute Gasteiger partial charge is 0.496 e. The Kier molecular flexibility index (Phi) is 5.03. The maximum Gasteiger partial charge on any atom is 0.122 e. The molecule has 0 aliphatic carbocycles. The lowest BCUT2D eigenvalue weighted by molar-refractivity contribution is 0.167. The lowest BCUT2D eigenvalue weighted by atomic mass is 9.94. The molecule has 0 aliphatic rings. The summed E-state index contributed by atoms with van der Waals surface area (Å²) in [6.07, 6.45) is 1.18. The number of aliphatic hydroxyl groups excluding tert-OH is 1. The van der Waals surface area contributed by atoms with Crippen molar-refractivity contribution in [1.82, 2.24) is 0 Å². The lowest BCUT2D eigenvalue weighted by Gasteiger charge is -2.17. The van der Waals surface area contributed by atoms with Crippen molar-refractivity contribution in [3.05, 3.63) is 64.2 Å². The van der Waals surface area contributed by atoms with E-state index in [2.05, 4.69) is 25.1 Å². The quantitative estimate of drug-likeness (QED) is 0.887. The highest BCUT2D eigenvalue weighted by molar-refractivity contribution is 5.42. The van der Waals surface area contributed by atoms with Crippen LogP contribution in [0.25, 0.3) is 0 Å². The fourth-order valence-corrected chi connectivity index (χ4v) is 2.73. The van der Waals surface area contributed by atoms with E-state index in [1.807, 2.05) is 32.0 Å². The van der Waals surface area contributed by atoms with Gasteiger partial charge in [-0.05, 0) is 73.6 Å². The van der Waals surface area contributed by atoms with Crippen LogP contribution in [0.15, 0.2) is 36.4 Å². The molecule has 0 saturated carbocycles.